The van der Waals surface area contributed by atoms with Crippen molar-refractivity contribution in [1.29, 1.82) is 0 Å². The second kappa shape index (κ2) is 8.69. The van der Waals surface area contributed by atoms with Gasteiger partial charge >= 0.3 is 0 Å². The van der Waals surface area contributed by atoms with Crippen LogP contribution in [0.15, 0.2) is 30.6 Å². The Balaban J connectivity index is 1.57. The van der Waals surface area contributed by atoms with Gasteiger partial charge in [-0.25, -0.2) is 15.0 Å². The first kappa shape index (κ1) is 20.1. The van der Waals surface area contributed by atoms with E-state index in [9.17, 15) is 4.79 Å². The largest absolute Gasteiger partial charge is 0.497 e. The van der Waals surface area contributed by atoms with Crippen LogP contribution in [0.3, 0.4) is 0 Å². The number of nitrogens with one attached hydrogen (secondary N) is 1. The molecule has 0 atom stereocenters. The number of hydrogen-bond acceptors (Lipinski definition) is 6. The van der Waals surface area contributed by atoms with Crippen LogP contribution in [0.4, 0.5) is 5.82 Å². The zero-order chi connectivity index (χ0) is 21.1. The molecule has 0 saturated carbocycles. The fourth-order valence-electron chi connectivity index (χ4n) is 3.89. The fraction of sp³-hybridized carbons (Fsp3) is 0.455. The van der Waals surface area contributed by atoms with Crippen molar-refractivity contribution in [3.05, 3.63) is 30.6 Å². The van der Waals surface area contributed by atoms with E-state index in [2.05, 4.69) is 33.7 Å². The minimum atomic E-state index is 0.191. The molecule has 0 radical (unpaired) electrons. The van der Waals surface area contributed by atoms with Crippen LogP contribution in [0.5, 0.6) is 5.75 Å². The van der Waals surface area contributed by atoms with Gasteiger partial charge < -0.3 is 19.5 Å². The summed E-state index contributed by atoms with van der Waals surface area (Å²) in [7, 11) is 1.66. The summed E-state index contributed by atoms with van der Waals surface area (Å²) in [4.78, 5) is 27.5. The van der Waals surface area contributed by atoms with Gasteiger partial charge in [-0.05, 0) is 51.0 Å². The zero-order valence-corrected chi connectivity index (χ0v) is 17.8. The molecule has 0 bridgehead atoms. The highest BCUT2D eigenvalue weighted by Gasteiger charge is 2.20. The summed E-state index contributed by atoms with van der Waals surface area (Å²) in [5.41, 5.74) is 2.57. The monoisotopic (exact) mass is 408 g/mol. The molecule has 8 nitrogen and oxygen atoms in total. The number of rotatable bonds is 8. The lowest BCUT2D eigenvalue weighted by Gasteiger charge is -2.15. The van der Waals surface area contributed by atoms with Gasteiger partial charge in [0.1, 0.15) is 17.9 Å². The van der Waals surface area contributed by atoms with Gasteiger partial charge in [0.2, 0.25) is 5.91 Å². The normalized spacial score (nSPS) is 14.1. The second-order valence-electron chi connectivity index (χ2n) is 7.79. The predicted octanol–water partition coefficient (Wildman–Crippen LogP) is 3.51. The Kier molecular flexibility index (Phi) is 5.83. The molecule has 1 aliphatic rings. The van der Waals surface area contributed by atoms with E-state index in [4.69, 9.17) is 9.72 Å². The number of hydrogen-bond donors (Lipinski definition) is 1. The number of imidazole rings is 1. The summed E-state index contributed by atoms with van der Waals surface area (Å²) in [6.07, 6.45) is 4.10. The van der Waals surface area contributed by atoms with Crippen molar-refractivity contribution < 1.29 is 9.53 Å². The highest BCUT2D eigenvalue weighted by atomic mass is 16.5. The molecule has 1 fully saturated rings. The first-order valence-corrected chi connectivity index (χ1v) is 10.5. The summed E-state index contributed by atoms with van der Waals surface area (Å²) in [5, 5.41) is 3.39. The Morgan fingerprint density at radius 2 is 2.00 bits per heavy atom. The van der Waals surface area contributed by atoms with E-state index >= 15 is 0 Å². The van der Waals surface area contributed by atoms with Gasteiger partial charge in [0.25, 0.3) is 0 Å². The molecule has 2 aromatic heterocycles. The molecule has 1 amide bonds. The summed E-state index contributed by atoms with van der Waals surface area (Å²) >= 11 is 0. The zero-order valence-electron chi connectivity index (χ0n) is 17.8. The van der Waals surface area contributed by atoms with Gasteiger partial charge in [-0.3, -0.25) is 4.79 Å². The lowest BCUT2D eigenvalue weighted by atomic mass is 10.2. The summed E-state index contributed by atoms with van der Waals surface area (Å²) in [6.45, 7) is 6.62. The van der Waals surface area contributed by atoms with Crippen molar-refractivity contribution in [2.45, 2.75) is 39.2 Å². The number of fused-ring (bicyclic) bond motifs is 1. The Hall–Kier alpha value is -3.16. The molecule has 158 valence electrons. The Labute approximate surface area is 176 Å². The van der Waals surface area contributed by atoms with Gasteiger partial charge in [0.05, 0.1) is 7.11 Å². The van der Waals surface area contributed by atoms with Crippen LogP contribution in [-0.4, -0.2) is 57.1 Å². The molecule has 3 aromatic rings. The second-order valence-corrected chi connectivity index (χ2v) is 7.79. The molecule has 30 heavy (non-hydrogen) atoms. The van der Waals surface area contributed by atoms with Crippen LogP contribution in [0, 0.1) is 0 Å². The number of aromatic nitrogens is 4. The van der Waals surface area contributed by atoms with Crippen molar-refractivity contribution in [2.24, 2.45) is 0 Å². The lowest BCUT2D eigenvalue weighted by Crippen LogP contribution is -2.27. The third-order valence-electron chi connectivity index (χ3n) is 5.41. The van der Waals surface area contributed by atoms with E-state index < -0.39 is 0 Å². The minimum Gasteiger partial charge on any atom is -0.497 e. The number of likely N-dealkylation sites (tertiary alicyclic amines) is 1. The van der Waals surface area contributed by atoms with Crippen LogP contribution in [0.1, 0.15) is 39.2 Å². The van der Waals surface area contributed by atoms with Crippen LogP contribution >= 0.6 is 0 Å². The number of ether oxygens (including phenoxy) is 1. The Bertz CT molecular complexity index is 1030. The number of methoxy groups -OCH3 is 1. The van der Waals surface area contributed by atoms with Crippen molar-refractivity contribution in [3.63, 3.8) is 0 Å². The van der Waals surface area contributed by atoms with Crippen LogP contribution in [0.2, 0.25) is 0 Å². The van der Waals surface area contributed by atoms with E-state index in [-0.39, 0.29) is 11.9 Å². The molecular formula is C22H28N6O2. The molecule has 0 aliphatic carbocycles. The highest BCUT2D eigenvalue weighted by molar-refractivity contribution is 5.86. The standard InChI is InChI=1S/C22H28N6O2/c1-15(2)28-21(16-7-9-17(30-3)10-8-16)26-19-20(24-14-25-22(19)28)23-11-5-13-27-12-4-6-18(27)29/h7-10,14-15H,4-6,11-13H2,1-3H3,(H,23,24,25). The van der Waals surface area contributed by atoms with E-state index in [0.29, 0.717) is 6.42 Å². The molecule has 8 heteroatoms. The lowest BCUT2D eigenvalue weighted by molar-refractivity contribution is -0.127. The quantitative estimate of drug-likeness (QED) is 0.574. The Morgan fingerprint density at radius 1 is 1.20 bits per heavy atom. The number of carbonyl (C=O) groups is 1. The molecule has 0 unspecified atom stereocenters. The molecule has 1 aromatic carbocycles. The first-order chi connectivity index (χ1) is 14.6. The first-order valence-electron chi connectivity index (χ1n) is 10.5. The van der Waals surface area contributed by atoms with Crippen molar-refractivity contribution in [1.82, 2.24) is 24.4 Å². The van der Waals surface area contributed by atoms with Crippen LogP contribution in [0.25, 0.3) is 22.6 Å². The SMILES string of the molecule is COc1ccc(-c2nc3c(NCCCN4CCCC4=O)ncnc3n2C(C)C)cc1. The number of carbonyl (C=O) groups excluding carboxylic acids is 1. The van der Waals surface area contributed by atoms with Crippen LogP contribution in [-0.2, 0) is 4.79 Å². The van der Waals surface area contributed by atoms with Gasteiger partial charge in [-0.2, -0.15) is 0 Å². The fourth-order valence-corrected chi connectivity index (χ4v) is 3.89. The minimum absolute atomic E-state index is 0.191. The molecule has 1 aliphatic heterocycles. The number of amides is 1. The van der Waals surface area contributed by atoms with Gasteiger partial charge in [0, 0.05) is 37.7 Å². The smallest absolute Gasteiger partial charge is 0.222 e. The summed E-state index contributed by atoms with van der Waals surface area (Å²) in [6, 6.07) is 8.07. The molecule has 3 heterocycles. The third-order valence-corrected chi connectivity index (χ3v) is 5.41. The van der Waals surface area contributed by atoms with Crippen molar-refractivity contribution in [3.8, 4) is 17.1 Å². The van der Waals surface area contributed by atoms with Crippen LogP contribution < -0.4 is 10.1 Å². The third kappa shape index (κ3) is 3.94. The molecule has 1 N–H and O–H groups in total. The number of anilines is 1. The topological polar surface area (TPSA) is 85.2 Å². The maximum Gasteiger partial charge on any atom is 0.222 e. The number of nitrogens with zero attached hydrogens (tertiary/aromatic N) is 5. The van der Waals surface area contributed by atoms with E-state index in [1.54, 1.807) is 13.4 Å². The van der Waals surface area contributed by atoms with Gasteiger partial charge in [-0.1, -0.05) is 0 Å². The average molecular weight is 409 g/mol. The summed E-state index contributed by atoms with van der Waals surface area (Å²) in [5.74, 6) is 2.65. The molecule has 0 spiro atoms. The van der Waals surface area contributed by atoms with E-state index in [0.717, 1.165) is 66.6 Å². The maximum absolute atomic E-state index is 11.8. The van der Waals surface area contributed by atoms with Crippen molar-refractivity contribution in [2.75, 3.05) is 32.1 Å². The average Bonchev–Trinajstić information content (AvgIpc) is 3.35. The molecule has 4 rings (SSSR count). The predicted molar refractivity (Wildman–Crippen MR) is 117 cm³/mol. The van der Waals surface area contributed by atoms with Gasteiger partial charge in [0.15, 0.2) is 17.0 Å². The maximum atomic E-state index is 11.8. The van der Waals surface area contributed by atoms with Gasteiger partial charge in [-0.15, -0.1) is 0 Å². The summed E-state index contributed by atoms with van der Waals surface area (Å²) < 4.78 is 7.41. The van der Waals surface area contributed by atoms with Crippen molar-refractivity contribution >= 4 is 22.9 Å². The molecule has 1 saturated heterocycles. The highest BCUT2D eigenvalue weighted by Crippen LogP contribution is 2.30. The Morgan fingerprint density at radius 3 is 2.67 bits per heavy atom. The number of benzene rings is 1. The van der Waals surface area contributed by atoms with E-state index in [1.807, 2.05) is 29.2 Å². The molecular weight excluding hydrogens is 380 g/mol. The van der Waals surface area contributed by atoms with E-state index in [1.165, 1.54) is 0 Å².